The molecule has 0 atom stereocenters. The van der Waals surface area contributed by atoms with Crippen LogP contribution in [0.2, 0.25) is 5.02 Å². The van der Waals surface area contributed by atoms with Crippen LogP contribution in [-0.4, -0.2) is 0 Å². The lowest BCUT2D eigenvalue weighted by molar-refractivity contribution is -0.137. The number of hydrogen-bond donors (Lipinski definition) is 0. The Morgan fingerprint density at radius 1 is 1.27 bits per heavy atom. The molecule has 0 aliphatic rings. The molecule has 0 N–H and O–H groups in total. The Kier molecular flexibility index (Phi) is 3.59. The molecule has 15 heavy (non-hydrogen) atoms. The maximum absolute atomic E-state index is 12.3. The largest absolute Gasteiger partial charge is 0.416 e. The van der Waals surface area contributed by atoms with Crippen molar-refractivity contribution in [2.75, 3.05) is 0 Å². The Balaban J connectivity index is 3.01. The number of aryl methyl sites for hydroxylation is 1. The Morgan fingerprint density at radius 3 is 2.47 bits per heavy atom. The summed E-state index contributed by atoms with van der Waals surface area (Å²) in [5.74, 6) is 0. The van der Waals surface area contributed by atoms with Gasteiger partial charge < -0.3 is 0 Å². The lowest BCUT2D eigenvalue weighted by atomic mass is 10.1. The van der Waals surface area contributed by atoms with Crippen LogP contribution in [0.15, 0.2) is 18.2 Å². The van der Waals surface area contributed by atoms with Gasteiger partial charge >= 0.3 is 6.18 Å². The maximum Gasteiger partial charge on any atom is 0.416 e. The van der Waals surface area contributed by atoms with E-state index in [4.69, 9.17) is 16.9 Å². The van der Waals surface area contributed by atoms with Crippen molar-refractivity contribution in [1.82, 2.24) is 0 Å². The minimum atomic E-state index is -4.40. The highest BCUT2D eigenvalue weighted by Gasteiger charge is 2.30. The number of halogens is 4. The van der Waals surface area contributed by atoms with Gasteiger partial charge in [-0.1, -0.05) is 11.6 Å². The summed E-state index contributed by atoms with van der Waals surface area (Å²) < 4.78 is 37.0. The Hall–Kier alpha value is -1.21. The van der Waals surface area contributed by atoms with Crippen LogP contribution < -0.4 is 0 Å². The van der Waals surface area contributed by atoms with Crippen LogP contribution in [0.25, 0.3) is 0 Å². The van der Waals surface area contributed by atoms with Gasteiger partial charge in [0.15, 0.2) is 0 Å². The number of rotatable bonds is 2. The molecule has 0 amide bonds. The third-order valence-electron chi connectivity index (χ3n) is 1.81. The van der Waals surface area contributed by atoms with E-state index in [1.54, 1.807) is 0 Å². The Labute approximate surface area is 90.1 Å². The quantitative estimate of drug-likeness (QED) is 0.762. The lowest BCUT2D eigenvalue weighted by Crippen LogP contribution is -2.05. The normalized spacial score (nSPS) is 11.1. The molecule has 0 radical (unpaired) electrons. The summed E-state index contributed by atoms with van der Waals surface area (Å²) in [6.07, 6.45) is -3.94. The van der Waals surface area contributed by atoms with E-state index >= 15 is 0 Å². The first kappa shape index (κ1) is 11.9. The average Bonchev–Trinajstić information content (AvgIpc) is 2.12. The van der Waals surface area contributed by atoms with Crippen LogP contribution in [0, 0.1) is 11.3 Å². The molecule has 0 aliphatic carbocycles. The van der Waals surface area contributed by atoms with Crippen molar-refractivity contribution in [3.05, 3.63) is 34.3 Å². The summed E-state index contributed by atoms with van der Waals surface area (Å²) in [6.45, 7) is 0. The molecular formula is C10H7ClF3N. The number of benzene rings is 1. The topological polar surface area (TPSA) is 23.8 Å². The van der Waals surface area contributed by atoms with Crippen molar-refractivity contribution >= 4 is 11.6 Å². The van der Waals surface area contributed by atoms with Crippen molar-refractivity contribution in [3.63, 3.8) is 0 Å². The van der Waals surface area contributed by atoms with Gasteiger partial charge in [-0.2, -0.15) is 18.4 Å². The fourth-order valence-corrected chi connectivity index (χ4v) is 1.42. The fraction of sp³-hybridized carbons (Fsp3) is 0.300. The summed E-state index contributed by atoms with van der Waals surface area (Å²) in [4.78, 5) is 0. The van der Waals surface area contributed by atoms with Crippen LogP contribution in [0.1, 0.15) is 17.5 Å². The van der Waals surface area contributed by atoms with Crippen molar-refractivity contribution < 1.29 is 13.2 Å². The van der Waals surface area contributed by atoms with Crippen LogP contribution in [-0.2, 0) is 12.6 Å². The highest BCUT2D eigenvalue weighted by Crippen LogP contribution is 2.32. The molecule has 1 nitrogen and oxygen atoms in total. The first-order valence-corrected chi connectivity index (χ1v) is 4.55. The summed E-state index contributed by atoms with van der Waals surface area (Å²) in [5.41, 5.74) is -0.348. The van der Waals surface area contributed by atoms with Gasteiger partial charge in [0.2, 0.25) is 0 Å². The molecule has 0 aliphatic heterocycles. The van der Waals surface area contributed by atoms with Crippen molar-refractivity contribution in [2.24, 2.45) is 0 Å². The van der Waals surface area contributed by atoms with Gasteiger partial charge in [-0.3, -0.25) is 0 Å². The Morgan fingerprint density at radius 2 is 1.93 bits per heavy atom. The van der Waals surface area contributed by atoms with Crippen LogP contribution >= 0.6 is 11.6 Å². The second-order valence-corrected chi connectivity index (χ2v) is 3.44. The highest BCUT2D eigenvalue weighted by atomic mass is 35.5. The number of alkyl halides is 3. The molecule has 0 unspecified atom stereocenters. The lowest BCUT2D eigenvalue weighted by Gasteiger charge is -2.08. The smallest absolute Gasteiger partial charge is 0.198 e. The van der Waals surface area contributed by atoms with E-state index < -0.39 is 11.7 Å². The van der Waals surface area contributed by atoms with E-state index in [1.807, 2.05) is 6.07 Å². The van der Waals surface area contributed by atoms with E-state index in [0.29, 0.717) is 5.56 Å². The third kappa shape index (κ3) is 3.45. The molecule has 0 fully saturated rings. The average molecular weight is 234 g/mol. The SMILES string of the molecule is N#CCCc1cc(Cl)cc(C(F)(F)F)c1. The van der Waals surface area contributed by atoms with E-state index in [0.717, 1.165) is 12.1 Å². The summed E-state index contributed by atoms with van der Waals surface area (Å²) >= 11 is 5.55. The predicted octanol–water partition coefficient (Wildman–Crippen LogP) is 3.81. The minimum Gasteiger partial charge on any atom is -0.198 e. The minimum absolute atomic E-state index is 0.0396. The molecular weight excluding hydrogens is 227 g/mol. The summed E-state index contributed by atoms with van der Waals surface area (Å²) in [5, 5.41) is 8.36. The second kappa shape index (κ2) is 4.54. The fourth-order valence-electron chi connectivity index (χ4n) is 1.16. The standard InChI is InChI=1S/C10H7ClF3N/c11-9-5-7(2-1-3-15)4-8(6-9)10(12,13)14/h4-6H,1-2H2. The molecule has 0 heterocycles. The van der Waals surface area contributed by atoms with Gasteiger partial charge in [0.1, 0.15) is 0 Å². The van der Waals surface area contributed by atoms with Crippen LogP contribution in [0.3, 0.4) is 0 Å². The van der Waals surface area contributed by atoms with E-state index in [9.17, 15) is 13.2 Å². The molecule has 1 aromatic rings. The summed E-state index contributed by atoms with van der Waals surface area (Å²) in [7, 11) is 0. The molecule has 0 saturated carbocycles. The zero-order chi connectivity index (χ0) is 11.5. The number of nitrogens with zero attached hydrogens (tertiary/aromatic N) is 1. The second-order valence-electron chi connectivity index (χ2n) is 3.00. The van der Waals surface area contributed by atoms with Gasteiger partial charge in [-0.25, -0.2) is 0 Å². The van der Waals surface area contributed by atoms with Gasteiger partial charge in [0.05, 0.1) is 11.6 Å². The molecule has 0 bridgehead atoms. The number of nitriles is 1. The first-order chi connectivity index (χ1) is 6.93. The molecule has 1 rings (SSSR count). The van der Waals surface area contributed by atoms with E-state index in [1.165, 1.54) is 6.07 Å². The van der Waals surface area contributed by atoms with Crippen molar-refractivity contribution in [1.29, 1.82) is 5.26 Å². The monoisotopic (exact) mass is 233 g/mol. The molecule has 5 heteroatoms. The van der Waals surface area contributed by atoms with Crippen LogP contribution in [0.4, 0.5) is 13.2 Å². The van der Waals surface area contributed by atoms with Crippen molar-refractivity contribution in [2.45, 2.75) is 19.0 Å². The molecule has 0 saturated heterocycles. The van der Waals surface area contributed by atoms with E-state index in [-0.39, 0.29) is 17.9 Å². The Bertz CT molecular complexity index is 393. The number of hydrogen-bond acceptors (Lipinski definition) is 1. The predicted molar refractivity (Wildman–Crippen MR) is 50.4 cm³/mol. The van der Waals surface area contributed by atoms with Gasteiger partial charge in [0, 0.05) is 11.4 Å². The maximum atomic E-state index is 12.3. The van der Waals surface area contributed by atoms with Gasteiger partial charge in [-0.05, 0) is 30.2 Å². The zero-order valence-corrected chi connectivity index (χ0v) is 8.36. The molecule has 0 aromatic heterocycles. The first-order valence-electron chi connectivity index (χ1n) is 4.17. The summed E-state index contributed by atoms with van der Waals surface area (Å²) in [6, 6.07) is 5.20. The highest BCUT2D eigenvalue weighted by molar-refractivity contribution is 6.30. The molecule has 0 spiro atoms. The van der Waals surface area contributed by atoms with Gasteiger partial charge in [-0.15, -0.1) is 0 Å². The van der Waals surface area contributed by atoms with Crippen molar-refractivity contribution in [3.8, 4) is 6.07 Å². The zero-order valence-electron chi connectivity index (χ0n) is 7.61. The van der Waals surface area contributed by atoms with E-state index in [2.05, 4.69) is 0 Å². The third-order valence-corrected chi connectivity index (χ3v) is 2.03. The van der Waals surface area contributed by atoms with Gasteiger partial charge in [0.25, 0.3) is 0 Å². The molecule has 80 valence electrons. The van der Waals surface area contributed by atoms with Crippen LogP contribution in [0.5, 0.6) is 0 Å². The molecule has 1 aromatic carbocycles.